The van der Waals surface area contributed by atoms with Crippen molar-refractivity contribution in [2.45, 2.75) is 19.8 Å². The van der Waals surface area contributed by atoms with E-state index in [0.717, 1.165) is 5.56 Å². The first-order chi connectivity index (χ1) is 9.69. The number of hydrogen-bond acceptors (Lipinski definition) is 6. The molecule has 6 nitrogen and oxygen atoms in total. The fourth-order valence-electron chi connectivity index (χ4n) is 1.47. The summed E-state index contributed by atoms with van der Waals surface area (Å²) in [6, 6.07) is 10.5. The molecule has 1 aromatic carbocycles. The molecular weight excluding hydrogens is 256 g/mol. The Hall–Kier alpha value is -2.86. The Kier molecular flexibility index (Phi) is 6.29. The molecule has 0 aliphatic rings. The topological polar surface area (TPSA) is 98.3 Å². The molecule has 0 aliphatic heterocycles. The average Bonchev–Trinajstić information content (AvgIpc) is 2.47. The lowest BCUT2D eigenvalue weighted by Gasteiger charge is -2.05. The van der Waals surface area contributed by atoms with Crippen molar-refractivity contribution in [2.24, 2.45) is 5.10 Å². The van der Waals surface area contributed by atoms with Gasteiger partial charge < -0.3 is 4.74 Å². The van der Waals surface area contributed by atoms with Crippen LogP contribution in [0.2, 0.25) is 0 Å². The fourth-order valence-corrected chi connectivity index (χ4v) is 1.47. The van der Waals surface area contributed by atoms with E-state index in [2.05, 4.69) is 10.5 Å². The van der Waals surface area contributed by atoms with Crippen LogP contribution in [0.25, 0.3) is 0 Å². The van der Waals surface area contributed by atoms with E-state index < -0.39 is 0 Å². The lowest BCUT2D eigenvalue weighted by molar-refractivity contribution is -0.143. The molecule has 0 bridgehead atoms. The van der Waals surface area contributed by atoms with Crippen molar-refractivity contribution in [2.75, 3.05) is 12.0 Å². The van der Waals surface area contributed by atoms with Crippen LogP contribution >= 0.6 is 0 Å². The zero-order valence-electron chi connectivity index (χ0n) is 11.1. The first-order valence-corrected chi connectivity index (χ1v) is 6.08. The van der Waals surface area contributed by atoms with Gasteiger partial charge in [0.2, 0.25) is 5.71 Å². The second kappa shape index (κ2) is 8.28. The molecule has 0 fully saturated rings. The Labute approximate surface area is 117 Å². The van der Waals surface area contributed by atoms with E-state index in [1.54, 1.807) is 37.3 Å². The molecule has 6 heteroatoms. The number of carbonyl (C=O) groups is 1. The first kappa shape index (κ1) is 15.2. The monoisotopic (exact) mass is 270 g/mol. The minimum Gasteiger partial charge on any atom is -0.466 e. The van der Waals surface area contributed by atoms with Gasteiger partial charge in [-0.1, -0.05) is 12.1 Å². The fraction of sp³-hybridized carbons (Fsp3) is 0.286. The second-order valence-electron chi connectivity index (χ2n) is 3.80. The summed E-state index contributed by atoms with van der Waals surface area (Å²) in [5.74, 6) is -0.236. The molecule has 0 aliphatic carbocycles. The van der Waals surface area contributed by atoms with Crippen molar-refractivity contribution in [1.82, 2.24) is 0 Å². The number of anilines is 1. The minimum absolute atomic E-state index is 0.236. The van der Waals surface area contributed by atoms with Crippen LogP contribution in [-0.4, -0.2) is 18.3 Å². The van der Waals surface area contributed by atoms with Gasteiger partial charge in [-0.3, -0.25) is 10.2 Å². The number of ether oxygens (including phenoxy) is 1. The third-order valence-corrected chi connectivity index (χ3v) is 2.36. The molecule has 1 N–H and O–H groups in total. The normalized spacial score (nSPS) is 8.95. The Morgan fingerprint density at radius 1 is 1.40 bits per heavy atom. The van der Waals surface area contributed by atoms with Gasteiger partial charge in [-0.2, -0.15) is 15.6 Å². The maximum absolute atomic E-state index is 11.3. The maximum Gasteiger partial charge on any atom is 0.306 e. The Morgan fingerprint density at radius 2 is 2.15 bits per heavy atom. The number of esters is 1. The van der Waals surface area contributed by atoms with Crippen LogP contribution in [-0.2, 0) is 16.0 Å². The van der Waals surface area contributed by atoms with E-state index in [1.165, 1.54) is 0 Å². The van der Waals surface area contributed by atoms with Crippen LogP contribution in [0.15, 0.2) is 29.4 Å². The molecule has 0 aromatic heterocycles. The predicted molar refractivity (Wildman–Crippen MR) is 73.7 cm³/mol. The molecule has 0 saturated heterocycles. The zero-order chi connectivity index (χ0) is 14.8. The molecule has 0 heterocycles. The molecule has 102 valence electrons. The Morgan fingerprint density at radius 3 is 2.80 bits per heavy atom. The SMILES string of the molecule is CCOC(=O)CCc1cccc(NN=C(C#N)C#N)c1. The van der Waals surface area contributed by atoms with Crippen LogP contribution in [0.4, 0.5) is 5.69 Å². The van der Waals surface area contributed by atoms with Gasteiger partial charge >= 0.3 is 5.97 Å². The summed E-state index contributed by atoms with van der Waals surface area (Å²) in [6.45, 7) is 2.14. The van der Waals surface area contributed by atoms with Gasteiger partial charge in [0.1, 0.15) is 12.1 Å². The van der Waals surface area contributed by atoms with Gasteiger partial charge in [0.05, 0.1) is 12.3 Å². The van der Waals surface area contributed by atoms with Crippen LogP contribution < -0.4 is 5.43 Å². The van der Waals surface area contributed by atoms with Gasteiger partial charge in [-0.25, -0.2) is 0 Å². The number of nitriles is 2. The molecule has 0 atom stereocenters. The third-order valence-electron chi connectivity index (χ3n) is 2.36. The standard InChI is InChI=1S/C14H14N4O2/c1-2-20-14(19)7-6-11-4-3-5-12(8-11)17-18-13(9-15)10-16/h3-5,8,17H,2,6-7H2,1H3. The summed E-state index contributed by atoms with van der Waals surface area (Å²) in [5.41, 5.74) is 3.96. The number of hydrogen-bond donors (Lipinski definition) is 1. The summed E-state index contributed by atoms with van der Waals surface area (Å²) < 4.78 is 4.85. The molecule has 0 unspecified atom stereocenters. The van der Waals surface area contributed by atoms with Crippen LogP contribution in [0.5, 0.6) is 0 Å². The number of benzene rings is 1. The van der Waals surface area contributed by atoms with Crippen molar-refractivity contribution in [1.29, 1.82) is 10.5 Å². The van der Waals surface area contributed by atoms with E-state index in [0.29, 0.717) is 25.1 Å². The third kappa shape index (κ3) is 5.19. The number of rotatable bonds is 6. The van der Waals surface area contributed by atoms with Crippen LogP contribution in [0, 0.1) is 22.7 Å². The Bertz CT molecular complexity index is 566. The number of nitrogens with one attached hydrogen (secondary N) is 1. The first-order valence-electron chi connectivity index (χ1n) is 6.08. The summed E-state index contributed by atoms with van der Waals surface area (Å²) >= 11 is 0. The van der Waals surface area contributed by atoms with Crippen molar-refractivity contribution in [3.63, 3.8) is 0 Å². The number of hydrazone groups is 1. The van der Waals surface area contributed by atoms with Crippen LogP contribution in [0.1, 0.15) is 18.9 Å². The van der Waals surface area contributed by atoms with Gasteiger partial charge in [-0.15, -0.1) is 0 Å². The predicted octanol–water partition coefficient (Wildman–Crippen LogP) is 2.00. The summed E-state index contributed by atoms with van der Waals surface area (Å²) in [6.07, 6.45) is 0.865. The highest BCUT2D eigenvalue weighted by atomic mass is 16.5. The highest BCUT2D eigenvalue weighted by molar-refractivity contribution is 6.10. The molecule has 0 spiro atoms. The van der Waals surface area contributed by atoms with Crippen molar-refractivity contribution >= 4 is 17.4 Å². The Balaban J connectivity index is 2.63. The van der Waals surface area contributed by atoms with E-state index >= 15 is 0 Å². The summed E-state index contributed by atoms with van der Waals surface area (Å²) in [7, 11) is 0. The molecule has 0 radical (unpaired) electrons. The second-order valence-corrected chi connectivity index (χ2v) is 3.80. The highest BCUT2D eigenvalue weighted by Gasteiger charge is 2.03. The van der Waals surface area contributed by atoms with E-state index in [-0.39, 0.29) is 11.7 Å². The molecule has 20 heavy (non-hydrogen) atoms. The average molecular weight is 270 g/mol. The van der Waals surface area contributed by atoms with Gasteiger partial charge in [0, 0.05) is 6.42 Å². The van der Waals surface area contributed by atoms with Gasteiger partial charge in [-0.05, 0) is 31.0 Å². The minimum atomic E-state index is -0.248. The number of carbonyl (C=O) groups excluding carboxylic acids is 1. The number of aryl methyl sites for hydroxylation is 1. The smallest absolute Gasteiger partial charge is 0.306 e. The summed E-state index contributed by atoms with van der Waals surface area (Å²) in [4.78, 5) is 11.3. The largest absolute Gasteiger partial charge is 0.466 e. The van der Waals surface area contributed by atoms with Crippen molar-refractivity contribution < 1.29 is 9.53 Å². The molecular formula is C14H14N4O2. The van der Waals surface area contributed by atoms with Crippen molar-refractivity contribution in [3.05, 3.63) is 29.8 Å². The summed E-state index contributed by atoms with van der Waals surface area (Å²) in [5, 5.41) is 20.8. The maximum atomic E-state index is 11.3. The van der Waals surface area contributed by atoms with E-state index in [4.69, 9.17) is 15.3 Å². The highest BCUT2D eigenvalue weighted by Crippen LogP contribution is 2.12. The molecule has 0 saturated carbocycles. The quantitative estimate of drug-likeness (QED) is 0.484. The zero-order valence-corrected chi connectivity index (χ0v) is 11.1. The lowest BCUT2D eigenvalue weighted by Crippen LogP contribution is -2.05. The molecule has 1 rings (SSSR count). The van der Waals surface area contributed by atoms with Gasteiger partial charge in [0.15, 0.2) is 0 Å². The number of nitrogens with zero attached hydrogens (tertiary/aromatic N) is 3. The molecule has 0 amide bonds. The van der Waals surface area contributed by atoms with Crippen LogP contribution in [0.3, 0.4) is 0 Å². The van der Waals surface area contributed by atoms with Crippen molar-refractivity contribution in [3.8, 4) is 12.1 Å². The van der Waals surface area contributed by atoms with E-state index in [1.807, 2.05) is 6.07 Å². The van der Waals surface area contributed by atoms with E-state index in [9.17, 15) is 4.79 Å². The lowest BCUT2D eigenvalue weighted by atomic mass is 10.1. The molecule has 1 aromatic rings. The van der Waals surface area contributed by atoms with Gasteiger partial charge in [0.25, 0.3) is 0 Å².